The Labute approximate surface area is 106 Å². The van der Waals surface area contributed by atoms with Gasteiger partial charge in [-0.1, -0.05) is 44.5 Å². The third-order valence-electron chi connectivity index (χ3n) is 4.02. The van der Waals surface area contributed by atoms with Crippen LogP contribution in [0.4, 0.5) is 0 Å². The summed E-state index contributed by atoms with van der Waals surface area (Å²) in [6.45, 7) is 6.66. The molecule has 1 heterocycles. The Balaban J connectivity index is 0.000000329. The van der Waals surface area contributed by atoms with Crippen LogP contribution in [-0.4, -0.2) is 13.1 Å². The molecule has 0 aromatic heterocycles. The van der Waals surface area contributed by atoms with Crippen molar-refractivity contribution < 1.29 is 0 Å². The van der Waals surface area contributed by atoms with E-state index in [1.165, 1.54) is 45.2 Å². The number of hydrogen-bond acceptors (Lipinski definition) is 1. The molecule has 1 aliphatic heterocycles. The molecule has 2 aliphatic rings. The lowest BCUT2D eigenvalue weighted by atomic mass is 9.74. The van der Waals surface area contributed by atoms with E-state index in [1.807, 2.05) is 0 Å². The maximum absolute atomic E-state index is 3.47. The van der Waals surface area contributed by atoms with Gasteiger partial charge in [-0.15, -0.1) is 0 Å². The first kappa shape index (κ1) is 12.6. The molecule has 1 aliphatic carbocycles. The first-order valence-electron chi connectivity index (χ1n) is 7.11. The number of piperidine rings is 1. The monoisotopic (exact) mass is 231 g/mol. The molecule has 94 valence electrons. The second kappa shape index (κ2) is 5.68. The molecule has 0 radical (unpaired) electrons. The molecule has 1 aromatic carbocycles. The second-order valence-corrected chi connectivity index (χ2v) is 5.39. The lowest BCUT2D eigenvalue weighted by Crippen LogP contribution is -2.38. The maximum Gasteiger partial charge on any atom is -0.00170 e. The minimum atomic E-state index is 0.543. The summed E-state index contributed by atoms with van der Waals surface area (Å²) >= 11 is 0. The summed E-state index contributed by atoms with van der Waals surface area (Å²) in [5.74, 6) is 0. The van der Waals surface area contributed by atoms with Crippen LogP contribution in [0.25, 0.3) is 0 Å². The van der Waals surface area contributed by atoms with Gasteiger partial charge in [0.05, 0.1) is 0 Å². The molecule has 1 fully saturated rings. The van der Waals surface area contributed by atoms with Gasteiger partial charge < -0.3 is 5.32 Å². The zero-order valence-corrected chi connectivity index (χ0v) is 11.3. The highest BCUT2D eigenvalue weighted by atomic mass is 14.9. The second-order valence-electron chi connectivity index (χ2n) is 5.39. The van der Waals surface area contributed by atoms with Gasteiger partial charge in [-0.25, -0.2) is 0 Å². The summed E-state index contributed by atoms with van der Waals surface area (Å²) in [6, 6.07) is 9.05. The fourth-order valence-corrected chi connectivity index (χ4v) is 3.19. The third-order valence-corrected chi connectivity index (χ3v) is 4.02. The van der Waals surface area contributed by atoms with Gasteiger partial charge in [0.2, 0.25) is 0 Å². The average Bonchev–Trinajstić information content (AvgIpc) is 2.71. The van der Waals surface area contributed by atoms with Crippen LogP contribution in [-0.2, 0) is 11.8 Å². The highest BCUT2D eigenvalue weighted by Crippen LogP contribution is 2.44. The summed E-state index contributed by atoms with van der Waals surface area (Å²) in [7, 11) is 0. The normalized spacial score (nSPS) is 20.6. The Morgan fingerprint density at radius 3 is 2.41 bits per heavy atom. The molecular formula is C16H25N. The number of aryl methyl sites for hydroxylation is 1. The first-order valence-corrected chi connectivity index (χ1v) is 7.11. The standard InChI is InChI=1S/C13H17N.C3H8/c1-2-4-12-11(3-1)5-6-13(12)7-9-14-10-8-13;1-3-2/h1-4,14H,5-10H2;3H2,1-2H3. The van der Waals surface area contributed by atoms with Crippen LogP contribution >= 0.6 is 0 Å². The van der Waals surface area contributed by atoms with Crippen molar-refractivity contribution in [2.45, 2.75) is 51.4 Å². The Bertz CT molecular complexity index is 345. The van der Waals surface area contributed by atoms with E-state index in [-0.39, 0.29) is 0 Å². The molecule has 0 amide bonds. The summed E-state index contributed by atoms with van der Waals surface area (Å²) in [5, 5.41) is 3.47. The zero-order chi connectivity index (χ0) is 12.1. The predicted octanol–water partition coefficient (Wildman–Crippen LogP) is 3.67. The van der Waals surface area contributed by atoms with Crippen LogP contribution < -0.4 is 5.32 Å². The molecule has 0 bridgehead atoms. The molecule has 0 unspecified atom stereocenters. The van der Waals surface area contributed by atoms with Crippen LogP contribution in [0.2, 0.25) is 0 Å². The highest BCUT2D eigenvalue weighted by Gasteiger charge is 2.38. The van der Waals surface area contributed by atoms with Crippen molar-refractivity contribution in [2.24, 2.45) is 0 Å². The van der Waals surface area contributed by atoms with Crippen molar-refractivity contribution in [3.05, 3.63) is 35.4 Å². The van der Waals surface area contributed by atoms with Crippen LogP contribution in [0.5, 0.6) is 0 Å². The van der Waals surface area contributed by atoms with E-state index in [2.05, 4.69) is 43.4 Å². The van der Waals surface area contributed by atoms with Crippen molar-refractivity contribution in [1.82, 2.24) is 5.32 Å². The maximum atomic E-state index is 3.47. The van der Waals surface area contributed by atoms with Gasteiger partial charge in [0, 0.05) is 0 Å². The molecule has 1 N–H and O–H groups in total. The Morgan fingerprint density at radius 2 is 1.71 bits per heavy atom. The van der Waals surface area contributed by atoms with Gasteiger partial charge in [0.15, 0.2) is 0 Å². The summed E-state index contributed by atoms with van der Waals surface area (Å²) in [4.78, 5) is 0. The third kappa shape index (κ3) is 2.55. The average molecular weight is 231 g/mol. The van der Waals surface area contributed by atoms with Gasteiger partial charge in [0.1, 0.15) is 0 Å². The molecule has 3 rings (SSSR count). The molecule has 1 saturated heterocycles. The van der Waals surface area contributed by atoms with Crippen LogP contribution in [0.1, 0.15) is 50.7 Å². The fraction of sp³-hybridized carbons (Fsp3) is 0.625. The van der Waals surface area contributed by atoms with Crippen LogP contribution in [0.15, 0.2) is 24.3 Å². The topological polar surface area (TPSA) is 12.0 Å². The van der Waals surface area contributed by atoms with Gasteiger partial charge in [-0.2, -0.15) is 0 Å². The van der Waals surface area contributed by atoms with E-state index in [4.69, 9.17) is 0 Å². The van der Waals surface area contributed by atoms with Gasteiger partial charge >= 0.3 is 0 Å². The lowest BCUT2D eigenvalue weighted by molar-refractivity contribution is 0.306. The van der Waals surface area contributed by atoms with E-state index in [0.717, 1.165) is 0 Å². The lowest BCUT2D eigenvalue weighted by Gasteiger charge is -2.34. The largest absolute Gasteiger partial charge is 0.317 e. The van der Waals surface area contributed by atoms with Crippen molar-refractivity contribution >= 4 is 0 Å². The molecule has 1 nitrogen and oxygen atoms in total. The van der Waals surface area contributed by atoms with Crippen LogP contribution in [0.3, 0.4) is 0 Å². The smallest absolute Gasteiger partial charge is 0.00170 e. The Kier molecular flexibility index (Phi) is 4.22. The molecule has 1 heteroatoms. The first-order chi connectivity index (χ1) is 8.32. The number of benzene rings is 1. The summed E-state index contributed by atoms with van der Waals surface area (Å²) < 4.78 is 0. The zero-order valence-electron chi connectivity index (χ0n) is 11.3. The van der Waals surface area contributed by atoms with E-state index in [9.17, 15) is 0 Å². The number of fused-ring (bicyclic) bond motifs is 2. The molecule has 0 saturated carbocycles. The van der Waals surface area contributed by atoms with Crippen LogP contribution in [0, 0.1) is 0 Å². The predicted molar refractivity (Wildman–Crippen MR) is 74.5 cm³/mol. The van der Waals surface area contributed by atoms with E-state index >= 15 is 0 Å². The number of nitrogens with one attached hydrogen (secondary N) is 1. The minimum Gasteiger partial charge on any atom is -0.317 e. The molecule has 17 heavy (non-hydrogen) atoms. The Morgan fingerprint density at radius 1 is 1.06 bits per heavy atom. The molecule has 1 aromatic rings. The van der Waals surface area contributed by atoms with Crippen molar-refractivity contribution in [2.75, 3.05) is 13.1 Å². The number of hydrogen-bond donors (Lipinski definition) is 1. The quantitative estimate of drug-likeness (QED) is 0.718. The van der Waals surface area contributed by atoms with E-state index < -0.39 is 0 Å². The minimum absolute atomic E-state index is 0.543. The fourth-order valence-electron chi connectivity index (χ4n) is 3.19. The van der Waals surface area contributed by atoms with Crippen molar-refractivity contribution in [3.8, 4) is 0 Å². The van der Waals surface area contributed by atoms with Crippen molar-refractivity contribution in [3.63, 3.8) is 0 Å². The molecule has 1 spiro atoms. The van der Waals surface area contributed by atoms with Gasteiger partial charge in [0.25, 0.3) is 0 Å². The Hall–Kier alpha value is -0.820. The summed E-state index contributed by atoms with van der Waals surface area (Å²) in [6.07, 6.45) is 6.61. The summed E-state index contributed by atoms with van der Waals surface area (Å²) in [5.41, 5.74) is 3.80. The van der Waals surface area contributed by atoms with E-state index in [1.54, 1.807) is 11.1 Å². The molecular weight excluding hydrogens is 206 g/mol. The van der Waals surface area contributed by atoms with Gasteiger partial charge in [-0.05, 0) is 55.3 Å². The highest BCUT2D eigenvalue weighted by molar-refractivity contribution is 5.39. The SMILES string of the molecule is CCC.c1ccc2c(c1)CCC21CCNCC1. The number of rotatable bonds is 0. The van der Waals surface area contributed by atoms with Crippen molar-refractivity contribution in [1.29, 1.82) is 0 Å². The van der Waals surface area contributed by atoms with E-state index in [0.29, 0.717) is 5.41 Å². The van der Waals surface area contributed by atoms with Gasteiger partial charge in [-0.3, -0.25) is 0 Å². The molecule has 0 atom stereocenters.